The predicted molar refractivity (Wildman–Crippen MR) is 96.1 cm³/mol. The smallest absolute Gasteiger partial charge is 0.128 e. The van der Waals surface area contributed by atoms with Gasteiger partial charge >= 0.3 is 0 Å². The zero-order valence-corrected chi connectivity index (χ0v) is 14.4. The summed E-state index contributed by atoms with van der Waals surface area (Å²) < 4.78 is 6.22. The highest BCUT2D eigenvalue weighted by atomic mass is 32.2. The molecule has 3 nitrogen and oxygen atoms in total. The molecule has 2 aromatic rings. The van der Waals surface area contributed by atoms with Gasteiger partial charge in [-0.3, -0.25) is 0 Å². The summed E-state index contributed by atoms with van der Waals surface area (Å²) in [7, 11) is 4.24. The minimum absolute atomic E-state index is 0.723. The van der Waals surface area contributed by atoms with Gasteiger partial charge in [-0.15, -0.1) is 0 Å². The Labute approximate surface area is 137 Å². The zero-order valence-electron chi connectivity index (χ0n) is 13.6. The third-order valence-corrected chi connectivity index (χ3v) is 5.44. The zero-order chi connectivity index (χ0) is 15.4. The molecule has 1 saturated heterocycles. The third kappa shape index (κ3) is 3.79. The number of H-pyrrole nitrogens is 1. The van der Waals surface area contributed by atoms with Crippen LogP contribution in [0.3, 0.4) is 0 Å². The number of aromatic amines is 1. The predicted octanol–water partition coefficient (Wildman–Crippen LogP) is 3.79. The summed E-state index contributed by atoms with van der Waals surface area (Å²) in [5, 5.41) is 1.27. The molecule has 3 rings (SSSR count). The Hall–Kier alpha value is -1.13. The first-order valence-electron chi connectivity index (χ1n) is 8.18. The third-order valence-electron chi connectivity index (χ3n) is 4.39. The van der Waals surface area contributed by atoms with E-state index in [0.29, 0.717) is 0 Å². The second-order valence-corrected chi connectivity index (χ2v) is 7.64. The van der Waals surface area contributed by atoms with E-state index in [-0.39, 0.29) is 0 Å². The van der Waals surface area contributed by atoms with E-state index in [2.05, 4.69) is 60.1 Å². The standard InChI is InChI=1S/C18H26N2OS/c1-20(2)9-6-15-12-19-16-4-3-5-17(18(15)16)21-13-14-7-10-22-11-8-14/h3-5,12,14,19H,6-11,13H2,1-2H3. The molecule has 1 aromatic carbocycles. The van der Waals surface area contributed by atoms with Crippen molar-refractivity contribution in [2.24, 2.45) is 5.92 Å². The fourth-order valence-electron chi connectivity index (χ4n) is 3.00. The molecule has 0 amide bonds. The molecular formula is C18H26N2OS. The maximum absolute atomic E-state index is 6.22. The first-order chi connectivity index (χ1) is 10.7. The molecule has 1 fully saturated rings. The maximum atomic E-state index is 6.22. The van der Waals surface area contributed by atoms with Crippen LogP contribution in [0.5, 0.6) is 5.75 Å². The number of likely N-dealkylation sites (N-methyl/N-ethyl adjacent to an activating group) is 1. The van der Waals surface area contributed by atoms with Gasteiger partial charge in [-0.25, -0.2) is 0 Å². The number of benzene rings is 1. The molecule has 0 radical (unpaired) electrons. The van der Waals surface area contributed by atoms with Crippen molar-refractivity contribution in [1.82, 2.24) is 9.88 Å². The van der Waals surface area contributed by atoms with Crippen LogP contribution in [0.1, 0.15) is 18.4 Å². The van der Waals surface area contributed by atoms with E-state index in [0.717, 1.165) is 31.2 Å². The second kappa shape index (κ2) is 7.42. The Kier molecular flexibility index (Phi) is 5.32. The summed E-state index contributed by atoms with van der Waals surface area (Å²) in [4.78, 5) is 5.61. The molecule has 0 aliphatic carbocycles. The van der Waals surface area contributed by atoms with Crippen LogP contribution in [-0.4, -0.2) is 48.6 Å². The average molecular weight is 318 g/mol. The van der Waals surface area contributed by atoms with Crippen LogP contribution in [-0.2, 0) is 6.42 Å². The normalized spacial score (nSPS) is 16.5. The van der Waals surface area contributed by atoms with Crippen LogP contribution in [0.4, 0.5) is 0 Å². The number of ether oxygens (including phenoxy) is 1. The molecular weight excluding hydrogens is 292 g/mol. The van der Waals surface area contributed by atoms with Crippen molar-refractivity contribution in [3.63, 3.8) is 0 Å². The summed E-state index contributed by atoms with van der Waals surface area (Å²) in [5.74, 6) is 4.35. The molecule has 1 N–H and O–H groups in total. The van der Waals surface area contributed by atoms with Gasteiger partial charge in [0, 0.05) is 23.6 Å². The van der Waals surface area contributed by atoms with Crippen LogP contribution in [0.25, 0.3) is 10.9 Å². The van der Waals surface area contributed by atoms with Crippen LogP contribution >= 0.6 is 11.8 Å². The number of nitrogens with zero attached hydrogens (tertiary/aromatic N) is 1. The van der Waals surface area contributed by atoms with Crippen molar-refractivity contribution in [2.45, 2.75) is 19.3 Å². The topological polar surface area (TPSA) is 28.3 Å². The van der Waals surface area contributed by atoms with Gasteiger partial charge in [-0.05, 0) is 68.5 Å². The largest absolute Gasteiger partial charge is 0.493 e. The Morgan fingerprint density at radius 3 is 2.86 bits per heavy atom. The van der Waals surface area contributed by atoms with Crippen LogP contribution in [0.15, 0.2) is 24.4 Å². The molecule has 1 aromatic heterocycles. The van der Waals surface area contributed by atoms with E-state index in [1.807, 2.05) is 0 Å². The molecule has 0 bridgehead atoms. The summed E-state index contributed by atoms with van der Waals surface area (Å²) in [6, 6.07) is 6.34. The maximum Gasteiger partial charge on any atom is 0.128 e. The minimum atomic E-state index is 0.723. The molecule has 0 saturated carbocycles. The number of rotatable bonds is 6. The van der Waals surface area contributed by atoms with Crippen LogP contribution < -0.4 is 4.74 Å². The molecule has 0 spiro atoms. The average Bonchev–Trinajstić information content (AvgIpc) is 2.96. The summed E-state index contributed by atoms with van der Waals surface area (Å²) in [6.07, 6.45) is 5.77. The fourth-order valence-corrected chi connectivity index (χ4v) is 4.21. The lowest BCUT2D eigenvalue weighted by molar-refractivity contribution is 0.242. The lowest BCUT2D eigenvalue weighted by atomic mass is 10.0. The molecule has 2 heterocycles. The van der Waals surface area contributed by atoms with E-state index in [4.69, 9.17) is 4.74 Å². The number of hydrogen-bond donors (Lipinski definition) is 1. The monoisotopic (exact) mass is 318 g/mol. The number of nitrogens with one attached hydrogen (secondary N) is 1. The van der Waals surface area contributed by atoms with Gasteiger partial charge in [0.2, 0.25) is 0 Å². The Balaban J connectivity index is 1.74. The van der Waals surface area contributed by atoms with Crippen molar-refractivity contribution in [3.8, 4) is 5.75 Å². The Morgan fingerprint density at radius 2 is 2.09 bits per heavy atom. The highest BCUT2D eigenvalue weighted by Gasteiger charge is 2.16. The first kappa shape index (κ1) is 15.8. The number of thioether (sulfide) groups is 1. The molecule has 0 unspecified atom stereocenters. The van der Waals surface area contributed by atoms with E-state index < -0.39 is 0 Å². The van der Waals surface area contributed by atoms with Crippen molar-refractivity contribution in [1.29, 1.82) is 0 Å². The molecule has 1 aliphatic heterocycles. The van der Waals surface area contributed by atoms with E-state index >= 15 is 0 Å². The molecule has 4 heteroatoms. The molecule has 22 heavy (non-hydrogen) atoms. The number of hydrogen-bond acceptors (Lipinski definition) is 3. The van der Waals surface area contributed by atoms with Crippen LogP contribution in [0, 0.1) is 5.92 Å². The Morgan fingerprint density at radius 1 is 1.27 bits per heavy atom. The van der Waals surface area contributed by atoms with Crippen molar-refractivity contribution in [2.75, 3.05) is 38.8 Å². The van der Waals surface area contributed by atoms with E-state index in [1.165, 1.54) is 40.8 Å². The molecule has 0 atom stereocenters. The van der Waals surface area contributed by atoms with Gasteiger partial charge in [0.15, 0.2) is 0 Å². The molecule has 1 aliphatic rings. The number of fused-ring (bicyclic) bond motifs is 1. The summed E-state index contributed by atoms with van der Waals surface area (Å²) in [5.41, 5.74) is 2.55. The quantitative estimate of drug-likeness (QED) is 0.878. The van der Waals surface area contributed by atoms with Gasteiger partial charge in [0.05, 0.1) is 6.61 Å². The SMILES string of the molecule is CN(C)CCc1c[nH]c2cccc(OCC3CCSCC3)c12. The molecule has 120 valence electrons. The van der Waals surface area contributed by atoms with Crippen molar-refractivity contribution in [3.05, 3.63) is 30.0 Å². The summed E-state index contributed by atoms with van der Waals surface area (Å²) >= 11 is 2.07. The van der Waals surface area contributed by atoms with Crippen molar-refractivity contribution >= 4 is 22.7 Å². The lowest BCUT2D eigenvalue weighted by Crippen LogP contribution is -2.17. The second-order valence-electron chi connectivity index (χ2n) is 6.41. The van der Waals surface area contributed by atoms with Gasteiger partial charge in [0.25, 0.3) is 0 Å². The van der Waals surface area contributed by atoms with Gasteiger partial charge in [-0.1, -0.05) is 6.07 Å². The lowest BCUT2D eigenvalue weighted by Gasteiger charge is -2.21. The van der Waals surface area contributed by atoms with Gasteiger partial charge in [0.1, 0.15) is 5.75 Å². The van der Waals surface area contributed by atoms with Gasteiger partial charge in [-0.2, -0.15) is 11.8 Å². The highest BCUT2D eigenvalue weighted by Crippen LogP contribution is 2.31. The van der Waals surface area contributed by atoms with E-state index in [1.54, 1.807) is 0 Å². The Bertz CT molecular complexity index is 602. The first-order valence-corrected chi connectivity index (χ1v) is 9.34. The van der Waals surface area contributed by atoms with E-state index in [9.17, 15) is 0 Å². The highest BCUT2D eigenvalue weighted by molar-refractivity contribution is 7.99. The van der Waals surface area contributed by atoms with Gasteiger partial charge < -0.3 is 14.6 Å². The van der Waals surface area contributed by atoms with Crippen LogP contribution in [0.2, 0.25) is 0 Å². The van der Waals surface area contributed by atoms with Crippen molar-refractivity contribution < 1.29 is 4.74 Å². The number of aromatic nitrogens is 1. The summed E-state index contributed by atoms with van der Waals surface area (Å²) in [6.45, 7) is 1.92. The minimum Gasteiger partial charge on any atom is -0.493 e. The fraction of sp³-hybridized carbons (Fsp3) is 0.556.